The number of rotatable bonds is 3. The maximum atomic E-state index is 12.0. The summed E-state index contributed by atoms with van der Waals surface area (Å²) in [5, 5.41) is 3.47. The number of hydrogen-bond acceptors (Lipinski definition) is 2. The molecule has 18 heavy (non-hydrogen) atoms. The van der Waals surface area contributed by atoms with E-state index in [0.29, 0.717) is 23.9 Å². The van der Waals surface area contributed by atoms with Gasteiger partial charge in [-0.1, -0.05) is 13.8 Å². The smallest absolute Gasteiger partial charge is 0.236 e. The minimum Gasteiger partial charge on any atom is -0.342 e. The van der Waals surface area contributed by atoms with Crippen molar-refractivity contribution in [2.24, 2.45) is 5.41 Å². The third kappa shape index (κ3) is 3.98. The van der Waals surface area contributed by atoms with Crippen molar-refractivity contribution in [3.8, 4) is 0 Å². The highest BCUT2D eigenvalue weighted by atomic mass is 16.2. The molecule has 1 saturated heterocycles. The molecular weight excluding hydrogens is 224 g/mol. The molecule has 0 radical (unpaired) electrons. The molecule has 1 heterocycles. The number of likely N-dealkylation sites (tertiary alicyclic amines) is 1. The Morgan fingerprint density at radius 3 is 2.39 bits per heavy atom. The Kier molecular flexibility index (Phi) is 4.66. The van der Waals surface area contributed by atoms with Gasteiger partial charge in [-0.25, -0.2) is 0 Å². The van der Waals surface area contributed by atoms with E-state index in [-0.39, 0.29) is 0 Å². The molecule has 0 spiro atoms. The summed E-state index contributed by atoms with van der Waals surface area (Å²) >= 11 is 0. The Morgan fingerprint density at radius 1 is 1.17 bits per heavy atom. The van der Waals surface area contributed by atoms with Crippen molar-refractivity contribution in [2.75, 3.05) is 19.6 Å². The fourth-order valence-electron chi connectivity index (χ4n) is 3.09. The van der Waals surface area contributed by atoms with Gasteiger partial charge in [0.05, 0.1) is 6.54 Å². The quantitative estimate of drug-likeness (QED) is 0.837. The summed E-state index contributed by atoms with van der Waals surface area (Å²) in [7, 11) is 0. The first-order chi connectivity index (χ1) is 8.57. The molecule has 1 N–H and O–H groups in total. The van der Waals surface area contributed by atoms with E-state index >= 15 is 0 Å². The lowest BCUT2D eigenvalue weighted by molar-refractivity contribution is -0.131. The van der Waals surface area contributed by atoms with Crippen LogP contribution in [-0.2, 0) is 4.79 Å². The molecule has 3 heteroatoms. The third-order valence-electron chi connectivity index (χ3n) is 4.59. The first-order valence-electron chi connectivity index (χ1n) is 7.58. The van der Waals surface area contributed by atoms with E-state index in [1.54, 1.807) is 0 Å². The van der Waals surface area contributed by atoms with Gasteiger partial charge >= 0.3 is 0 Å². The van der Waals surface area contributed by atoms with Crippen molar-refractivity contribution in [1.29, 1.82) is 0 Å². The van der Waals surface area contributed by atoms with Crippen LogP contribution in [0.5, 0.6) is 0 Å². The van der Waals surface area contributed by atoms with Crippen LogP contribution in [0.2, 0.25) is 0 Å². The monoisotopic (exact) mass is 252 g/mol. The lowest BCUT2D eigenvalue weighted by atomic mass is 9.75. The summed E-state index contributed by atoms with van der Waals surface area (Å²) in [4.78, 5) is 14.1. The largest absolute Gasteiger partial charge is 0.342 e. The molecule has 104 valence electrons. The molecule has 1 aliphatic heterocycles. The molecule has 2 fully saturated rings. The fourth-order valence-corrected chi connectivity index (χ4v) is 3.09. The Bertz CT molecular complexity index is 272. The second-order valence-electron chi connectivity index (χ2n) is 6.76. The molecule has 2 aliphatic rings. The molecule has 0 aromatic carbocycles. The number of amides is 1. The lowest BCUT2D eigenvalue weighted by Crippen LogP contribution is -2.45. The van der Waals surface area contributed by atoms with Crippen molar-refractivity contribution in [2.45, 2.75) is 64.8 Å². The van der Waals surface area contributed by atoms with Crippen molar-refractivity contribution in [3.63, 3.8) is 0 Å². The van der Waals surface area contributed by atoms with Crippen molar-refractivity contribution < 1.29 is 4.79 Å². The minimum absolute atomic E-state index is 0.305. The van der Waals surface area contributed by atoms with E-state index in [0.717, 1.165) is 13.1 Å². The second kappa shape index (κ2) is 6.05. The Morgan fingerprint density at radius 2 is 1.78 bits per heavy atom. The molecule has 1 saturated carbocycles. The lowest BCUT2D eigenvalue weighted by Gasteiger charge is -2.35. The first-order valence-corrected chi connectivity index (χ1v) is 7.58. The number of carbonyl (C=O) groups excluding carboxylic acids is 1. The molecule has 1 aliphatic carbocycles. The van der Waals surface area contributed by atoms with Gasteiger partial charge in [-0.2, -0.15) is 0 Å². The Hall–Kier alpha value is -0.570. The Labute approximate surface area is 111 Å². The summed E-state index contributed by atoms with van der Waals surface area (Å²) < 4.78 is 0. The molecule has 0 bridgehead atoms. The van der Waals surface area contributed by atoms with E-state index in [2.05, 4.69) is 19.2 Å². The van der Waals surface area contributed by atoms with Crippen LogP contribution in [0.4, 0.5) is 0 Å². The minimum atomic E-state index is 0.305. The average molecular weight is 252 g/mol. The number of hydrogen-bond donors (Lipinski definition) is 1. The van der Waals surface area contributed by atoms with Gasteiger partial charge in [0.1, 0.15) is 0 Å². The molecule has 0 atom stereocenters. The van der Waals surface area contributed by atoms with Crippen LogP contribution < -0.4 is 5.32 Å². The predicted molar refractivity (Wildman–Crippen MR) is 74.5 cm³/mol. The zero-order valence-corrected chi connectivity index (χ0v) is 12.0. The molecule has 0 aromatic rings. The zero-order chi connectivity index (χ0) is 13.0. The highest BCUT2D eigenvalue weighted by molar-refractivity contribution is 5.78. The molecule has 1 amide bonds. The number of nitrogens with one attached hydrogen (secondary N) is 1. The second-order valence-corrected chi connectivity index (χ2v) is 6.76. The number of nitrogens with zero attached hydrogens (tertiary/aromatic N) is 1. The van der Waals surface area contributed by atoms with Crippen molar-refractivity contribution >= 4 is 5.91 Å². The highest BCUT2D eigenvalue weighted by Crippen LogP contribution is 2.34. The fraction of sp³-hybridized carbons (Fsp3) is 0.933. The zero-order valence-electron chi connectivity index (χ0n) is 12.0. The number of piperidine rings is 1. The standard InChI is InChI=1S/C15H28N2O/c1-15(2)8-6-13(7-9-15)16-12-14(18)17-10-4-3-5-11-17/h13,16H,3-12H2,1-2H3. The van der Waals surface area contributed by atoms with Crippen LogP contribution >= 0.6 is 0 Å². The maximum Gasteiger partial charge on any atom is 0.236 e. The SMILES string of the molecule is CC1(C)CCC(NCC(=O)N2CCCCC2)CC1. The van der Waals surface area contributed by atoms with Gasteiger partial charge in [-0.15, -0.1) is 0 Å². The molecule has 3 nitrogen and oxygen atoms in total. The third-order valence-corrected chi connectivity index (χ3v) is 4.59. The van der Waals surface area contributed by atoms with E-state index in [1.165, 1.54) is 44.9 Å². The van der Waals surface area contributed by atoms with Crippen LogP contribution in [0.25, 0.3) is 0 Å². The molecular formula is C15H28N2O. The van der Waals surface area contributed by atoms with Gasteiger partial charge in [0, 0.05) is 19.1 Å². The maximum absolute atomic E-state index is 12.0. The van der Waals surface area contributed by atoms with Gasteiger partial charge in [-0.05, 0) is 50.4 Å². The topological polar surface area (TPSA) is 32.3 Å². The normalized spacial score (nSPS) is 25.1. The molecule has 0 aromatic heterocycles. The molecule has 2 rings (SSSR count). The van der Waals surface area contributed by atoms with Gasteiger partial charge in [-0.3, -0.25) is 4.79 Å². The molecule has 0 unspecified atom stereocenters. The van der Waals surface area contributed by atoms with E-state index in [1.807, 2.05) is 4.90 Å². The Balaban J connectivity index is 1.67. The van der Waals surface area contributed by atoms with Gasteiger partial charge in [0.15, 0.2) is 0 Å². The van der Waals surface area contributed by atoms with Crippen LogP contribution in [0, 0.1) is 5.41 Å². The summed E-state index contributed by atoms with van der Waals surface area (Å²) in [6, 6.07) is 0.562. The summed E-state index contributed by atoms with van der Waals surface area (Å²) in [6.45, 7) is 7.19. The van der Waals surface area contributed by atoms with Crippen LogP contribution in [-0.4, -0.2) is 36.5 Å². The van der Waals surface area contributed by atoms with E-state index in [4.69, 9.17) is 0 Å². The van der Waals surface area contributed by atoms with E-state index in [9.17, 15) is 4.79 Å². The van der Waals surface area contributed by atoms with E-state index < -0.39 is 0 Å². The van der Waals surface area contributed by atoms with Gasteiger partial charge in [0.25, 0.3) is 0 Å². The summed E-state index contributed by atoms with van der Waals surface area (Å²) in [5.74, 6) is 0.305. The summed E-state index contributed by atoms with van der Waals surface area (Å²) in [6.07, 6.45) is 8.66. The first kappa shape index (κ1) is 13.9. The van der Waals surface area contributed by atoms with Crippen LogP contribution in [0.3, 0.4) is 0 Å². The number of carbonyl (C=O) groups is 1. The van der Waals surface area contributed by atoms with Gasteiger partial charge < -0.3 is 10.2 Å². The predicted octanol–water partition coefficient (Wildman–Crippen LogP) is 2.56. The van der Waals surface area contributed by atoms with Crippen LogP contribution in [0.15, 0.2) is 0 Å². The average Bonchev–Trinajstić information content (AvgIpc) is 2.38. The van der Waals surface area contributed by atoms with Crippen molar-refractivity contribution in [3.05, 3.63) is 0 Å². The highest BCUT2D eigenvalue weighted by Gasteiger charge is 2.27. The van der Waals surface area contributed by atoms with Gasteiger partial charge in [0.2, 0.25) is 5.91 Å². The van der Waals surface area contributed by atoms with Crippen molar-refractivity contribution in [1.82, 2.24) is 10.2 Å². The van der Waals surface area contributed by atoms with Crippen LogP contribution in [0.1, 0.15) is 58.8 Å². The summed E-state index contributed by atoms with van der Waals surface area (Å²) in [5.41, 5.74) is 0.509.